The van der Waals surface area contributed by atoms with Crippen LogP contribution in [0.25, 0.3) is 0 Å². The summed E-state index contributed by atoms with van der Waals surface area (Å²) in [4.78, 5) is 25.6. The number of carboxylic acid groups (broad SMARTS) is 1. The van der Waals surface area contributed by atoms with Crippen LogP contribution in [0, 0.1) is 5.92 Å². The molecule has 2 aromatic rings. The van der Waals surface area contributed by atoms with Crippen molar-refractivity contribution in [1.82, 2.24) is 0 Å². The Morgan fingerprint density at radius 3 is 2.56 bits per heavy atom. The third kappa shape index (κ3) is 5.53. The number of carboxylic acids is 1. The smallest absolute Gasteiger partial charge is 0.335 e. The molecule has 2 N–H and O–H groups in total. The summed E-state index contributed by atoms with van der Waals surface area (Å²) in [6.07, 6.45) is 1.35. The standard InChI is InChI=1S/C23H28N2O8S/c1-4-33-23(28)16-6-5-11-25(14-16)19-9-7-15(22(26)27)12-18(19)24-34(29,30)21-13-17(31-2)8-10-20(21)32-3/h7-10,12-13,16,24H,4-6,11,14H2,1-3H3,(H,26,27)/t16-/m1/s1. The summed E-state index contributed by atoms with van der Waals surface area (Å²) >= 11 is 0. The maximum atomic E-state index is 13.3. The molecule has 0 spiro atoms. The number of aromatic carboxylic acids is 1. The van der Waals surface area contributed by atoms with E-state index in [0.717, 1.165) is 0 Å². The second-order valence-corrected chi connectivity index (χ2v) is 9.35. The molecule has 2 aromatic carbocycles. The van der Waals surface area contributed by atoms with Crippen LogP contribution < -0.4 is 19.1 Å². The molecule has 1 saturated heterocycles. The Morgan fingerprint density at radius 2 is 1.91 bits per heavy atom. The van der Waals surface area contributed by atoms with E-state index in [-0.39, 0.29) is 40.4 Å². The van der Waals surface area contributed by atoms with Gasteiger partial charge in [0.15, 0.2) is 0 Å². The second kappa shape index (κ2) is 10.6. The van der Waals surface area contributed by atoms with E-state index in [4.69, 9.17) is 14.2 Å². The fraction of sp³-hybridized carbons (Fsp3) is 0.391. The first-order valence-electron chi connectivity index (χ1n) is 10.7. The molecule has 0 radical (unpaired) electrons. The molecule has 1 aliphatic rings. The number of methoxy groups -OCH3 is 2. The number of nitrogens with zero attached hydrogens (tertiary/aromatic N) is 1. The highest BCUT2D eigenvalue weighted by molar-refractivity contribution is 7.92. The molecule has 0 bridgehead atoms. The van der Waals surface area contributed by atoms with E-state index in [1.54, 1.807) is 13.0 Å². The van der Waals surface area contributed by atoms with Gasteiger partial charge in [0, 0.05) is 19.2 Å². The zero-order valence-electron chi connectivity index (χ0n) is 19.2. The summed E-state index contributed by atoms with van der Waals surface area (Å²) in [6.45, 7) is 2.90. The van der Waals surface area contributed by atoms with Gasteiger partial charge in [-0.25, -0.2) is 13.2 Å². The largest absolute Gasteiger partial charge is 0.497 e. The number of carbonyl (C=O) groups excluding carboxylic acids is 1. The molecule has 0 unspecified atom stereocenters. The molecule has 1 fully saturated rings. The van der Waals surface area contributed by atoms with Gasteiger partial charge in [0.25, 0.3) is 10.0 Å². The maximum absolute atomic E-state index is 13.3. The SMILES string of the molecule is CCOC(=O)[C@@H]1CCCN(c2ccc(C(=O)O)cc2NS(=O)(=O)c2cc(OC)ccc2OC)C1. The van der Waals surface area contributed by atoms with Gasteiger partial charge < -0.3 is 24.2 Å². The van der Waals surface area contributed by atoms with Crippen LogP contribution in [0.5, 0.6) is 11.5 Å². The van der Waals surface area contributed by atoms with Gasteiger partial charge >= 0.3 is 11.9 Å². The summed E-state index contributed by atoms with van der Waals surface area (Å²) in [5.41, 5.74) is 0.455. The van der Waals surface area contributed by atoms with Crippen LogP contribution in [-0.2, 0) is 19.6 Å². The molecule has 11 heteroatoms. The topological polar surface area (TPSA) is 131 Å². The fourth-order valence-electron chi connectivity index (χ4n) is 3.87. The number of esters is 1. The zero-order valence-corrected chi connectivity index (χ0v) is 20.1. The zero-order chi connectivity index (χ0) is 24.9. The number of ether oxygens (including phenoxy) is 3. The Balaban J connectivity index is 2.01. The number of rotatable bonds is 9. The first-order chi connectivity index (χ1) is 16.2. The molecule has 0 aromatic heterocycles. The fourth-order valence-corrected chi connectivity index (χ4v) is 5.12. The van der Waals surface area contributed by atoms with E-state index < -0.39 is 16.0 Å². The maximum Gasteiger partial charge on any atom is 0.335 e. The van der Waals surface area contributed by atoms with E-state index in [9.17, 15) is 23.1 Å². The summed E-state index contributed by atoms with van der Waals surface area (Å²) in [5.74, 6) is -1.46. The van der Waals surface area contributed by atoms with E-state index in [2.05, 4.69) is 4.72 Å². The average molecular weight is 493 g/mol. The van der Waals surface area contributed by atoms with Crippen LogP contribution in [0.15, 0.2) is 41.3 Å². The Labute approximate surface area is 198 Å². The van der Waals surface area contributed by atoms with Crippen molar-refractivity contribution in [3.63, 3.8) is 0 Å². The first kappa shape index (κ1) is 25.2. The van der Waals surface area contributed by atoms with Gasteiger partial charge in [0.1, 0.15) is 16.4 Å². The number of benzene rings is 2. The molecule has 1 heterocycles. The molecule has 0 amide bonds. The number of sulfonamides is 1. The minimum atomic E-state index is -4.20. The summed E-state index contributed by atoms with van der Waals surface area (Å²) in [6, 6.07) is 8.55. The minimum absolute atomic E-state index is 0.0780. The van der Waals surface area contributed by atoms with Crippen molar-refractivity contribution >= 4 is 33.3 Å². The molecule has 0 aliphatic carbocycles. The van der Waals surface area contributed by atoms with Crippen LogP contribution in [0.4, 0.5) is 11.4 Å². The van der Waals surface area contributed by atoms with Gasteiger partial charge in [0.2, 0.25) is 0 Å². The minimum Gasteiger partial charge on any atom is -0.497 e. The molecule has 1 aliphatic heterocycles. The summed E-state index contributed by atoms with van der Waals surface area (Å²) in [7, 11) is -1.44. The van der Waals surface area contributed by atoms with Crippen molar-refractivity contribution < 1.29 is 37.3 Å². The van der Waals surface area contributed by atoms with Crippen LogP contribution in [0.1, 0.15) is 30.1 Å². The molecular formula is C23H28N2O8S. The number of carbonyl (C=O) groups is 2. The van der Waals surface area contributed by atoms with Gasteiger partial charge in [-0.05, 0) is 50.1 Å². The Kier molecular flexibility index (Phi) is 7.87. The molecule has 10 nitrogen and oxygen atoms in total. The van der Waals surface area contributed by atoms with Crippen molar-refractivity contribution in [2.24, 2.45) is 5.92 Å². The van der Waals surface area contributed by atoms with Crippen LogP contribution >= 0.6 is 0 Å². The van der Waals surface area contributed by atoms with E-state index in [1.807, 2.05) is 4.90 Å². The number of piperidine rings is 1. The highest BCUT2D eigenvalue weighted by Crippen LogP contribution is 2.35. The van der Waals surface area contributed by atoms with Crippen molar-refractivity contribution in [3.05, 3.63) is 42.0 Å². The third-order valence-corrected chi connectivity index (χ3v) is 6.92. The van der Waals surface area contributed by atoms with E-state index in [0.29, 0.717) is 37.4 Å². The van der Waals surface area contributed by atoms with Crippen molar-refractivity contribution in [2.75, 3.05) is 43.5 Å². The predicted molar refractivity (Wildman–Crippen MR) is 125 cm³/mol. The van der Waals surface area contributed by atoms with E-state index in [1.165, 1.54) is 44.6 Å². The molecule has 0 saturated carbocycles. The molecule has 1 atom stereocenters. The highest BCUT2D eigenvalue weighted by Gasteiger charge is 2.30. The predicted octanol–water partition coefficient (Wildman–Crippen LogP) is 2.98. The molecule has 34 heavy (non-hydrogen) atoms. The Hall–Kier alpha value is -3.47. The second-order valence-electron chi connectivity index (χ2n) is 7.70. The number of nitrogens with one attached hydrogen (secondary N) is 1. The lowest BCUT2D eigenvalue weighted by Crippen LogP contribution is -2.39. The van der Waals surface area contributed by atoms with Gasteiger partial charge in [-0.15, -0.1) is 0 Å². The highest BCUT2D eigenvalue weighted by atomic mass is 32.2. The van der Waals surface area contributed by atoms with Crippen molar-refractivity contribution in [1.29, 1.82) is 0 Å². The van der Waals surface area contributed by atoms with Gasteiger partial charge in [-0.2, -0.15) is 0 Å². The van der Waals surface area contributed by atoms with Gasteiger partial charge in [0.05, 0.1) is 43.7 Å². The normalized spacial score (nSPS) is 16.0. The third-order valence-electron chi connectivity index (χ3n) is 5.53. The monoisotopic (exact) mass is 492 g/mol. The van der Waals surface area contributed by atoms with Gasteiger partial charge in [-0.3, -0.25) is 9.52 Å². The Bertz CT molecular complexity index is 1170. The lowest BCUT2D eigenvalue weighted by molar-refractivity contribution is -0.148. The number of hydrogen-bond donors (Lipinski definition) is 2. The van der Waals surface area contributed by atoms with Crippen molar-refractivity contribution in [2.45, 2.75) is 24.7 Å². The van der Waals surface area contributed by atoms with Crippen LogP contribution in [0.3, 0.4) is 0 Å². The van der Waals surface area contributed by atoms with Crippen LogP contribution in [0.2, 0.25) is 0 Å². The lowest BCUT2D eigenvalue weighted by atomic mass is 9.97. The molecule has 3 rings (SSSR count). The Morgan fingerprint density at radius 1 is 1.15 bits per heavy atom. The van der Waals surface area contributed by atoms with Gasteiger partial charge in [-0.1, -0.05) is 0 Å². The number of hydrogen-bond acceptors (Lipinski definition) is 8. The number of anilines is 2. The summed E-state index contributed by atoms with van der Waals surface area (Å²) in [5, 5.41) is 9.46. The first-order valence-corrected chi connectivity index (χ1v) is 12.2. The molecular weight excluding hydrogens is 464 g/mol. The quantitative estimate of drug-likeness (QED) is 0.507. The molecule has 184 valence electrons. The lowest BCUT2D eigenvalue weighted by Gasteiger charge is -2.34. The van der Waals surface area contributed by atoms with Crippen molar-refractivity contribution in [3.8, 4) is 11.5 Å². The summed E-state index contributed by atoms with van der Waals surface area (Å²) < 4.78 is 44.7. The van der Waals surface area contributed by atoms with Crippen LogP contribution in [-0.4, -0.2) is 59.4 Å². The van der Waals surface area contributed by atoms with E-state index >= 15 is 0 Å². The average Bonchev–Trinajstić information content (AvgIpc) is 2.83.